The van der Waals surface area contributed by atoms with Gasteiger partial charge in [-0.15, -0.1) is 10.2 Å². The Kier molecular flexibility index (Phi) is 5.85. The van der Waals surface area contributed by atoms with Crippen LogP contribution in [0.4, 0.5) is 5.69 Å². The molecule has 33 heavy (non-hydrogen) atoms. The van der Waals surface area contributed by atoms with Crippen LogP contribution in [0.5, 0.6) is 0 Å². The van der Waals surface area contributed by atoms with E-state index >= 15 is 0 Å². The highest BCUT2D eigenvalue weighted by Crippen LogP contribution is 2.29. The number of H-pyrrole nitrogens is 1. The summed E-state index contributed by atoms with van der Waals surface area (Å²) < 4.78 is 1.94. The van der Waals surface area contributed by atoms with Crippen LogP contribution >= 0.6 is 23.4 Å². The van der Waals surface area contributed by atoms with Crippen LogP contribution in [-0.4, -0.2) is 36.6 Å². The lowest BCUT2D eigenvalue weighted by Gasteiger charge is -2.11. The number of amides is 1. The van der Waals surface area contributed by atoms with Gasteiger partial charge in [0.15, 0.2) is 11.0 Å². The number of fused-ring (bicyclic) bond motifs is 1. The van der Waals surface area contributed by atoms with Gasteiger partial charge in [0.05, 0.1) is 17.5 Å². The van der Waals surface area contributed by atoms with Gasteiger partial charge in [-0.25, -0.2) is 0 Å². The van der Waals surface area contributed by atoms with E-state index in [9.17, 15) is 4.79 Å². The minimum Gasteiger partial charge on any atom is -0.325 e. The summed E-state index contributed by atoms with van der Waals surface area (Å²) in [6, 6.07) is 21.2. The predicted octanol–water partition coefficient (Wildman–Crippen LogP) is 5.50. The molecule has 0 aliphatic rings. The van der Waals surface area contributed by atoms with Crippen molar-refractivity contribution < 1.29 is 4.79 Å². The Morgan fingerprint density at radius 2 is 1.94 bits per heavy atom. The predicted molar refractivity (Wildman–Crippen MR) is 132 cm³/mol. The van der Waals surface area contributed by atoms with E-state index in [2.05, 4.69) is 25.7 Å². The lowest BCUT2D eigenvalue weighted by molar-refractivity contribution is -0.113. The zero-order valence-electron chi connectivity index (χ0n) is 17.6. The molecule has 0 aliphatic carbocycles. The number of carbonyl (C=O) groups is 1. The summed E-state index contributed by atoms with van der Waals surface area (Å²) in [6.45, 7) is 2.04. The molecule has 164 valence electrons. The van der Waals surface area contributed by atoms with Crippen molar-refractivity contribution in [3.05, 3.63) is 83.5 Å². The maximum Gasteiger partial charge on any atom is 0.234 e. The number of rotatable bonds is 6. The van der Waals surface area contributed by atoms with E-state index in [-0.39, 0.29) is 11.7 Å². The summed E-state index contributed by atoms with van der Waals surface area (Å²) in [5.41, 5.74) is 4.48. The molecular weight excluding hydrogens is 456 g/mol. The second-order valence-corrected chi connectivity index (χ2v) is 8.88. The fourth-order valence-electron chi connectivity index (χ4n) is 3.45. The third-order valence-electron chi connectivity index (χ3n) is 5.07. The number of carbonyl (C=O) groups excluding carboxylic acids is 1. The van der Waals surface area contributed by atoms with Gasteiger partial charge in [0.25, 0.3) is 0 Å². The van der Waals surface area contributed by atoms with Gasteiger partial charge in [-0.3, -0.25) is 14.5 Å². The Bertz CT molecular complexity index is 1440. The van der Waals surface area contributed by atoms with E-state index < -0.39 is 0 Å². The monoisotopic (exact) mass is 474 g/mol. The molecule has 0 spiro atoms. The number of aryl methyl sites for hydroxylation is 1. The zero-order chi connectivity index (χ0) is 22.8. The SMILES string of the molecule is Cc1ccc(-n2c(SCC(=O)Nc3ccc4cn[nH]c4c3)nnc2-c2cccc(Cl)c2)cc1. The zero-order valence-corrected chi connectivity index (χ0v) is 19.2. The molecular formula is C24H19ClN6OS. The highest BCUT2D eigenvalue weighted by atomic mass is 35.5. The van der Waals surface area contributed by atoms with Crippen LogP contribution in [0.15, 0.2) is 78.1 Å². The maximum atomic E-state index is 12.6. The summed E-state index contributed by atoms with van der Waals surface area (Å²) >= 11 is 7.53. The van der Waals surface area contributed by atoms with Crippen molar-refractivity contribution in [3.63, 3.8) is 0 Å². The number of hydrogen-bond acceptors (Lipinski definition) is 5. The smallest absolute Gasteiger partial charge is 0.234 e. The molecule has 7 nitrogen and oxygen atoms in total. The lowest BCUT2D eigenvalue weighted by atomic mass is 10.2. The van der Waals surface area contributed by atoms with Gasteiger partial charge in [0.2, 0.25) is 5.91 Å². The van der Waals surface area contributed by atoms with Crippen molar-refractivity contribution in [3.8, 4) is 17.1 Å². The Morgan fingerprint density at radius 1 is 1.09 bits per heavy atom. The molecule has 0 atom stereocenters. The topological polar surface area (TPSA) is 88.5 Å². The van der Waals surface area contributed by atoms with Gasteiger partial charge in [-0.05, 0) is 49.4 Å². The molecule has 5 aromatic rings. The molecule has 5 rings (SSSR count). The van der Waals surface area contributed by atoms with E-state index in [1.165, 1.54) is 11.8 Å². The first-order valence-corrected chi connectivity index (χ1v) is 11.6. The maximum absolute atomic E-state index is 12.6. The minimum atomic E-state index is -0.137. The molecule has 0 bridgehead atoms. The Hall–Kier alpha value is -3.62. The summed E-state index contributed by atoms with van der Waals surface area (Å²) in [4.78, 5) is 12.6. The minimum absolute atomic E-state index is 0.137. The number of hydrogen-bond donors (Lipinski definition) is 2. The number of nitrogens with one attached hydrogen (secondary N) is 2. The van der Waals surface area contributed by atoms with Gasteiger partial charge >= 0.3 is 0 Å². The standard InChI is InChI=1S/C24H19ClN6OS/c1-15-5-9-20(10-6-15)31-23(16-3-2-4-18(25)11-16)29-30-24(31)33-14-22(32)27-19-8-7-17-13-26-28-21(17)12-19/h2-13H,14H2,1H3,(H,26,28)(H,27,32). The molecule has 2 N–H and O–H groups in total. The number of nitrogens with zero attached hydrogens (tertiary/aromatic N) is 4. The average Bonchev–Trinajstić information content (AvgIpc) is 3.45. The van der Waals surface area contributed by atoms with Crippen molar-refractivity contribution >= 4 is 45.9 Å². The number of thioether (sulfide) groups is 1. The van der Waals surface area contributed by atoms with E-state index in [1.807, 2.05) is 78.2 Å². The fraction of sp³-hybridized carbons (Fsp3) is 0.0833. The summed E-state index contributed by atoms with van der Waals surface area (Å²) in [7, 11) is 0. The Labute approximate surface area is 199 Å². The highest BCUT2D eigenvalue weighted by Gasteiger charge is 2.18. The van der Waals surface area contributed by atoms with Crippen LogP contribution in [0.2, 0.25) is 5.02 Å². The van der Waals surface area contributed by atoms with E-state index in [4.69, 9.17) is 11.6 Å². The quantitative estimate of drug-likeness (QED) is 0.317. The fourth-order valence-corrected chi connectivity index (χ4v) is 4.39. The largest absolute Gasteiger partial charge is 0.325 e. The van der Waals surface area contributed by atoms with E-state index in [1.54, 1.807) is 6.20 Å². The molecule has 9 heteroatoms. The van der Waals surface area contributed by atoms with Crippen LogP contribution in [0, 0.1) is 6.92 Å². The number of aromatic amines is 1. The Morgan fingerprint density at radius 3 is 2.76 bits per heavy atom. The third kappa shape index (κ3) is 4.62. The van der Waals surface area contributed by atoms with Crippen molar-refractivity contribution in [2.24, 2.45) is 0 Å². The number of halogens is 1. The third-order valence-corrected chi connectivity index (χ3v) is 6.23. The molecule has 2 heterocycles. The second kappa shape index (κ2) is 9.09. The second-order valence-electron chi connectivity index (χ2n) is 7.50. The molecule has 3 aromatic carbocycles. The van der Waals surface area contributed by atoms with Crippen molar-refractivity contribution in [2.45, 2.75) is 12.1 Å². The van der Waals surface area contributed by atoms with Gasteiger partial charge in [0.1, 0.15) is 0 Å². The molecule has 0 aliphatic heterocycles. The molecule has 0 saturated carbocycles. The van der Waals surface area contributed by atoms with Gasteiger partial charge in [0, 0.05) is 27.3 Å². The van der Waals surface area contributed by atoms with Crippen LogP contribution in [0.1, 0.15) is 5.56 Å². The average molecular weight is 475 g/mol. The number of benzene rings is 3. The molecule has 2 aromatic heterocycles. The normalized spacial score (nSPS) is 11.1. The van der Waals surface area contributed by atoms with E-state index in [0.717, 1.165) is 27.7 Å². The van der Waals surface area contributed by atoms with Crippen molar-refractivity contribution in [1.82, 2.24) is 25.0 Å². The van der Waals surface area contributed by atoms with Crippen LogP contribution in [0.3, 0.4) is 0 Å². The van der Waals surface area contributed by atoms with E-state index in [0.29, 0.717) is 21.7 Å². The molecule has 0 radical (unpaired) electrons. The number of anilines is 1. The highest BCUT2D eigenvalue weighted by molar-refractivity contribution is 7.99. The van der Waals surface area contributed by atoms with Crippen LogP contribution in [-0.2, 0) is 4.79 Å². The first-order valence-electron chi connectivity index (χ1n) is 10.2. The van der Waals surface area contributed by atoms with Gasteiger partial charge in [-0.2, -0.15) is 5.10 Å². The molecule has 1 amide bonds. The summed E-state index contributed by atoms with van der Waals surface area (Å²) in [6.07, 6.45) is 1.74. The summed E-state index contributed by atoms with van der Waals surface area (Å²) in [5, 5.41) is 20.8. The first kappa shape index (κ1) is 21.2. The van der Waals surface area contributed by atoms with Crippen molar-refractivity contribution in [1.29, 1.82) is 0 Å². The molecule has 0 unspecified atom stereocenters. The van der Waals surface area contributed by atoms with Crippen LogP contribution in [0.25, 0.3) is 28.0 Å². The number of aromatic nitrogens is 5. The summed E-state index contributed by atoms with van der Waals surface area (Å²) in [5.74, 6) is 0.705. The van der Waals surface area contributed by atoms with Crippen molar-refractivity contribution in [2.75, 3.05) is 11.1 Å². The first-order chi connectivity index (χ1) is 16.1. The van der Waals surface area contributed by atoms with Gasteiger partial charge < -0.3 is 5.32 Å². The van der Waals surface area contributed by atoms with Gasteiger partial charge in [-0.1, -0.05) is 53.2 Å². The Balaban J connectivity index is 1.40. The van der Waals surface area contributed by atoms with Crippen LogP contribution < -0.4 is 5.32 Å². The molecule has 0 saturated heterocycles. The lowest BCUT2D eigenvalue weighted by Crippen LogP contribution is -2.14. The molecule has 0 fully saturated rings.